The molecule has 0 radical (unpaired) electrons. The van der Waals surface area contributed by atoms with E-state index in [1.807, 2.05) is 48.8 Å². The average Bonchev–Trinajstić information content (AvgIpc) is 3.92. The number of hydroxylamine groups is 2. The molecule has 0 bridgehead atoms. The quantitative estimate of drug-likeness (QED) is 0.112. The van der Waals surface area contributed by atoms with E-state index in [4.69, 9.17) is 37.4 Å². The molecule has 2 saturated carbocycles. The van der Waals surface area contributed by atoms with Crippen LogP contribution in [0.5, 0.6) is 5.75 Å². The van der Waals surface area contributed by atoms with Crippen LogP contribution < -0.4 is 4.74 Å². The molecule has 2 aromatic carbocycles. The summed E-state index contributed by atoms with van der Waals surface area (Å²) in [7, 11) is 1.52. The number of amides is 1. The Morgan fingerprint density at radius 1 is 1.07 bits per heavy atom. The summed E-state index contributed by atoms with van der Waals surface area (Å²) in [6.45, 7) is 0.875. The number of unbranched alkanes of at least 4 members (excludes halogenated alkanes) is 1. The molecule has 7 nitrogen and oxygen atoms in total. The van der Waals surface area contributed by atoms with E-state index in [0.717, 1.165) is 70.7 Å². The summed E-state index contributed by atoms with van der Waals surface area (Å²) < 4.78 is 17.7. The minimum absolute atomic E-state index is 0.156. The van der Waals surface area contributed by atoms with Gasteiger partial charge in [-0.15, -0.1) is 0 Å². The van der Waals surface area contributed by atoms with Crippen molar-refractivity contribution in [3.8, 4) is 16.9 Å². The maximum absolute atomic E-state index is 11.8. The van der Waals surface area contributed by atoms with Crippen LogP contribution in [-0.2, 0) is 32.9 Å². The van der Waals surface area contributed by atoms with Gasteiger partial charge in [0.2, 0.25) is 5.91 Å². The molecule has 1 N–H and O–H groups in total. The predicted octanol–water partition coefficient (Wildman–Crippen LogP) is 7.38. The molecule has 0 spiro atoms. The number of pyridine rings is 1. The number of para-hydroxylation sites is 1. The van der Waals surface area contributed by atoms with Gasteiger partial charge in [0, 0.05) is 47.2 Å². The Labute approximate surface area is 251 Å². The molecule has 2 aliphatic rings. The van der Waals surface area contributed by atoms with Gasteiger partial charge in [-0.2, -0.15) is 0 Å². The second-order valence-corrected chi connectivity index (χ2v) is 11.6. The topological polar surface area (TPSA) is 81.1 Å². The minimum Gasteiger partial charge on any atom is -0.490 e. The summed E-state index contributed by atoms with van der Waals surface area (Å²) in [6.07, 6.45) is 10.3. The molecule has 9 heteroatoms. The first kappa shape index (κ1) is 29.8. The zero-order valence-corrected chi connectivity index (χ0v) is 24.8. The van der Waals surface area contributed by atoms with Gasteiger partial charge < -0.3 is 14.2 Å². The number of hydrogen-bond acceptors (Lipinski definition) is 6. The molecule has 41 heavy (non-hydrogen) atoms. The number of benzene rings is 2. The Kier molecular flexibility index (Phi) is 9.83. The molecule has 2 fully saturated rings. The van der Waals surface area contributed by atoms with Gasteiger partial charge in [-0.25, -0.2) is 5.06 Å². The van der Waals surface area contributed by atoms with Gasteiger partial charge in [0.25, 0.3) is 0 Å². The highest BCUT2D eigenvalue weighted by Gasteiger charge is 2.47. The number of aromatic nitrogens is 1. The van der Waals surface area contributed by atoms with Gasteiger partial charge >= 0.3 is 0 Å². The van der Waals surface area contributed by atoms with Gasteiger partial charge in [-0.3, -0.25) is 15.0 Å². The van der Waals surface area contributed by atoms with Crippen LogP contribution in [-0.4, -0.2) is 47.5 Å². The number of hydrogen-bond donors (Lipinski definition) is 1. The van der Waals surface area contributed by atoms with Crippen molar-refractivity contribution in [2.45, 2.75) is 69.7 Å². The molecule has 2 aliphatic carbocycles. The number of nitrogens with zero attached hydrogens (tertiary/aromatic N) is 2. The number of carbonyl (C=O) groups excluding carboxylic acids is 1. The van der Waals surface area contributed by atoms with Crippen molar-refractivity contribution in [2.24, 2.45) is 0 Å². The summed E-state index contributed by atoms with van der Waals surface area (Å²) >= 11 is 13.3. The molecule has 0 atom stereocenters. The number of halogens is 2. The van der Waals surface area contributed by atoms with E-state index in [9.17, 15) is 10.0 Å². The number of aryl methyl sites for hydroxylation is 1. The van der Waals surface area contributed by atoms with Gasteiger partial charge in [0.05, 0.1) is 31.3 Å². The van der Waals surface area contributed by atoms with E-state index < -0.39 is 5.60 Å². The molecule has 1 amide bonds. The van der Waals surface area contributed by atoms with Crippen molar-refractivity contribution in [1.82, 2.24) is 10.0 Å². The number of ether oxygens (including phenoxy) is 3. The summed E-state index contributed by atoms with van der Waals surface area (Å²) in [5.41, 5.74) is 4.53. The van der Waals surface area contributed by atoms with Gasteiger partial charge in [0.1, 0.15) is 5.75 Å². The van der Waals surface area contributed by atoms with E-state index in [-0.39, 0.29) is 25.5 Å². The lowest BCUT2D eigenvalue weighted by atomic mass is 9.96. The number of methoxy groups -OCH3 is 1. The molecular weight excluding hydrogens is 563 g/mol. The summed E-state index contributed by atoms with van der Waals surface area (Å²) in [6, 6.07) is 14.0. The molecule has 5 rings (SSSR count). The average molecular weight is 600 g/mol. The van der Waals surface area contributed by atoms with Gasteiger partial charge in [-0.1, -0.05) is 41.4 Å². The zero-order chi connectivity index (χ0) is 28.8. The van der Waals surface area contributed by atoms with E-state index >= 15 is 0 Å². The van der Waals surface area contributed by atoms with Crippen LogP contribution in [0.3, 0.4) is 0 Å². The van der Waals surface area contributed by atoms with Crippen LogP contribution in [0.1, 0.15) is 61.6 Å². The smallest absolute Gasteiger partial charge is 0.248 e. The van der Waals surface area contributed by atoms with Crippen LogP contribution in [0, 0.1) is 0 Å². The predicted molar refractivity (Wildman–Crippen MR) is 158 cm³/mol. The second-order valence-electron chi connectivity index (χ2n) is 10.8. The molecule has 0 aliphatic heterocycles. The van der Waals surface area contributed by atoms with Gasteiger partial charge in [-0.05, 0) is 85.9 Å². The summed E-state index contributed by atoms with van der Waals surface area (Å²) in [5, 5.41) is 11.9. The lowest BCUT2D eigenvalue weighted by Gasteiger charge is -2.22. The van der Waals surface area contributed by atoms with Crippen molar-refractivity contribution in [3.63, 3.8) is 0 Å². The Morgan fingerprint density at radius 3 is 2.59 bits per heavy atom. The lowest BCUT2D eigenvalue weighted by Crippen LogP contribution is -2.29. The van der Waals surface area contributed by atoms with E-state index in [1.165, 1.54) is 7.11 Å². The fourth-order valence-corrected chi connectivity index (χ4v) is 5.44. The first-order valence-corrected chi connectivity index (χ1v) is 15.0. The monoisotopic (exact) mass is 598 g/mol. The lowest BCUT2D eigenvalue weighted by molar-refractivity contribution is -0.166. The Morgan fingerprint density at radius 2 is 1.83 bits per heavy atom. The third-order valence-corrected chi connectivity index (χ3v) is 8.31. The van der Waals surface area contributed by atoms with Crippen LogP contribution in [0.15, 0.2) is 54.9 Å². The Hall–Kier alpha value is -2.68. The molecule has 1 aromatic heterocycles. The maximum atomic E-state index is 11.8. The van der Waals surface area contributed by atoms with Gasteiger partial charge in [0.15, 0.2) is 0 Å². The molecule has 0 unspecified atom stereocenters. The van der Waals surface area contributed by atoms with Crippen LogP contribution in [0.2, 0.25) is 10.0 Å². The molecule has 1 heterocycles. The van der Waals surface area contributed by atoms with Crippen LogP contribution >= 0.6 is 23.2 Å². The maximum Gasteiger partial charge on any atom is 0.248 e. The largest absolute Gasteiger partial charge is 0.490 e. The highest BCUT2D eigenvalue weighted by molar-refractivity contribution is 6.34. The van der Waals surface area contributed by atoms with Crippen molar-refractivity contribution in [3.05, 3.63) is 81.6 Å². The van der Waals surface area contributed by atoms with E-state index in [2.05, 4.69) is 11.1 Å². The molecular formula is C32H36Cl2N2O5. The SMILES string of the molecule is COCCC(=O)N(O)CCCCc1cc(Cl)c(COC2(c3cnccc3-c3ccccc3OC3CC3)CC2)cc1Cl. The first-order valence-electron chi connectivity index (χ1n) is 14.2. The summed E-state index contributed by atoms with van der Waals surface area (Å²) in [5.74, 6) is 0.549. The van der Waals surface area contributed by atoms with Crippen LogP contribution in [0.25, 0.3) is 11.1 Å². The number of carbonyl (C=O) groups is 1. The minimum atomic E-state index is -0.429. The van der Waals surface area contributed by atoms with Crippen LogP contribution in [0.4, 0.5) is 0 Å². The Balaban J connectivity index is 1.21. The van der Waals surface area contributed by atoms with Crippen molar-refractivity contribution in [1.29, 1.82) is 0 Å². The highest BCUT2D eigenvalue weighted by Crippen LogP contribution is 2.53. The van der Waals surface area contributed by atoms with E-state index in [1.54, 1.807) is 0 Å². The van der Waals surface area contributed by atoms with Crippen molar-refractivity contribution >= 4 is 29.1 Å². The normalized spacial score (nSPS) is 15.5. The standard InChI is InChI=1S/C32H36Cl2N2O5/c1-39-17-12-31(37)36(38)16-5-4-6-22-18-29(34)23(19-28(22)33)21-40-32(13-14-32)27-20-35-15-11-25(27)26-7-2-3-8-30(26)41-24-9-10-24/h2-3,7-8,11,15,18-20,24,38H,4-6,9-10,12-14,16-17,21H2,1H3. The first-order chi connectivity index (χ1) is 19.9. The van der Waals surface area contributed by atoms with Crippen molar-refractivity contribution in [2.75, 3.05) is 20.3 Å². The molecule has 0 saturated heterocycles. The Bertz CT molecular complexity index is 1360. The van der Waals surface area contributed by atoms with Crippen molar-refractivity contribution < 1.29 is 24.2 Å². The zero-order valence-electron chi connectivity index (χ0n) is 23.3. The fourth-order valence-electron chi connectivity index (χ4n) is 4.92. The number of rotatable bonds is 15. The third kappa shape index (κ3) is 7.59. The molecule has 218 valence electrons. The van der Waals surface area contributed by atoms with E-state index in [0.29, 0.717) is 35.6 Å². The molecule has 3 aromatic rings. The fraction of sp³-hybridized carbons (Fsp3) is 0.438. The second kappa shape index (κ2) is 13.5. The highest BCUT2D eigenvalue weighted by atomic mass is 35.5. The summed E-state index contributed by atoms with van der Waals surface area (Å²) in [4.78, 5) is 16.2. The third-order valence-electron chi connectivity index (χ3n) is 7.60.